The molecule has 0 unspecified atom stereocenters. The highest BCUT2D eigenvalue weighted by molar-refractivity contribution is 6.17. The molecule has 0 bridgehead atoms. The summed E-state index contributed by atoms with van der Waals surface area (Å²) < 4.78 is 11.8. The third-order valence-electron chi connectivity index (χ3n) is 16.2. The van der Waals surface area contributed by atoms with Gasteiger partial charge in [0.05, 0.1) is 0 Å². The summed E-state index contributed by atoms with van der Waals surface area (Å²) >= 11 is 0. The fourth-order valence-electron chi connectivity index (χ4n) is 12.2. The summed E-state index contributed by atoms with van der Waals surface area (Å²) in [5.74, 6) is -0.854. The van der Waals surface area contributed by atoms with Crippen molar-refractivity contribution in [3.05, 3.63) is 187 Å². The van der Waals surface area contributed by atoms with Gasteiger partial charge in [-0.1, -0.05) is 179 Å². The van der Waals surface area contributed by atoms with Crippen molar-refractivity contribution in [3.8, 4) is 23.0 Å². The molecule has 6 aromatic carbocycles. The Hall–Kier alpha value is -6.80. The molecule has 8 heteroatoms. The first-order valence-electron chi connectivity index (χ1n) is 26.2. The number of hydrogen-bond acceptors (Lipinski definition) is 8. The average Bonchev–Trinajstić information content (AvgIpc) is 3.31. The minimum atomic E-state index is -1.38. The molecule has 0 amide bonds. The second-order valence-corrected chi connectivity index (χ2v) is 25.6. The number of rotatable bonds is 2. The summed E-state index contributed by atoms with van der Waals surface area (Å²) in [6.45, 7) is 28.8. The van der Waals surface area contributed by atoms with E-state index in [2.05, 4.69) is 83.1 Å². The van der Waals surface area contributed by atoms with E-state index in [1.54, 1.807) is 12.1 Å². The third kappa shape index (κ3) is 8.56. The summed E-state index contributed by atoms with van der Waals surface area (Å²) in [4.78, 5) is 56.8. The first-order valence-corrected chi connectivity index (χ1v) is 26.2. The Kier molecular flexibility index (Phi) is 12.6. The Balaban J connectivity index is 0.000000182. The van der Waals surface area contributed by atoms with Crippen LogP contribution in [0.15, 0.2) is 109 Å². The summed E-state index contributed by atoms with van der Waals surface area (Å²) in [5.41, 5.74) is 7.62. The van der Waals surface area contributed by atoms with Crippen molar-refractivity contribution in [2.24, 2.45) is 10.8 Å². The van der Waals surface area contributed by atoms with Crippen molar-refractivity contribution in [3.63, 3.8) is 0 Å². The molecule has 2 heterocycles. The fourth-order valence-corrected chi connectivity index (χ4v) is 12.2. The maximum Gasteiger partial charge on any atom is 0.326 e. The number of para-hydroxylation sites is 2. The van der Waals surface area contributed by atoms with Gasteiger partial charge in [0.25, 0.3) is 0 Å². The number of phenolic OH excluding ortho intramolecular Hbond substituents is 2. The molecule has 0 fully saturated rings. The van der Waals surface area contributed by atoms with Gasteiger partial charge in [-0.2, -0.15) is 0 Å². The summed E-state index contributed by atoms with van der Waals surface area (Å²) in [6.07, 6.45) is 1.98. The van der Waals surface area contributed by atoms with E-state index in [-0.39, 0.29) is 44.7 Å². The van der Waals surface area contributed by atoms with Crippen molar-refractivity contribution in [2.75, 3.05) is 0 Å². The van der Waals surface area contributed by atoms with Crippen molar-refractivity contribution in [2.45, 2.75) is 156 Å². The number of fused-ring (bicyclic) bond motifs is 4. The molecule has 0 saturated carbocycles. The van der Waals surface area contributed by atoms with E-state index in [1.807, 2.05) is 111 Å². The Morgan fingerprint density at radius 2 is 0.757 bits per heavy atom. The van der Waals surface area contributed by atoms with Crippen LogP contribution in [-0.4, -0.2) is 33.7 Å². The van der Waals surface area contributed by atoms with Crippen molar-refractivity contribution >= 4 is 23.5 Å². The third-order valence-corrected chi connectivity index (χ3v) is 16.2. The molecular formula is C66H72O8. The summed E-state index contributed by atoms with van der Waals surface area (Å²) in [6, 6.07) is 35.0. The molecule has 74 heavy (non-hydrogen) atoms. The normalized spacial score (nSPS) is 21.4. The number of ketones is 2. The molecule has 2 aliphatic carbocycles. The molecule has 10 rings (SSSR count). The number of aryl methyl sites for hydroxylation is 4. The minimum Gasteiger partial charge on any atom is -0.507 e. The molecule has 4 atom stereocenters. The molecular weight excluding hydrogens is 921 g/mol. The van der Waals surface area contributed by atoms with Crippen LogP contribution in [-0.2, 0) is 44.1 Å². The monoisotopic (exact) mass is 993 g/mol. The van der Waals surface area contributed by atoms with Gasteiger partial charge < -0.3 is 19.7 Å². The lowest BCUT2D eigenvalue weighted by atomic mass is 9.58. The maximum atomic E-state index is 14.4. The number of ether oxygens (including phenoxy) is 2. The molecule has 6 aromatic rings. The first kappa shape index (κ1) is 52.1. The van der Waals surface area contributed by atoms with Crippen molar-refractivity contribution < 1.29 is 38.9 Å². The summed E-state index contributed by atoms with van der Waals surface area (Å²) in [5, 5.41) is 22.8. The lowest BCUT2D eigenvalue weighted by Gasteiger charge is -2.44. The van der Waals surface area contributed by atoms with Gasteiger partial charge in [-0.3, -0.25) is 19.2 Å². The van der Waals surface area contributed by atoms with Crippen molar-refractivity contribution in [1.29, 1.82) is 0 Å². The van der Waals surface area contributed by atoms with Crippen LogP contribution in [0.25, 0.3) is 0 Å². The molecule has 0 aromatic heterocycles. The highest BCUT2D eigenvalue weighted by atomic mass is 16.5. The van der Waals surface area contributed by atoms with Crippen LogP contribution in [0.1, 0.15) is 195 Å². The van der Waals surface area contributed by atoms with Crippen LogP contribution in [0.2, 0.25) is 0 Å². The van der Waals surface area contributed by atoms with E-state index < -0.39 is 34.6 Å². The Morgan fingerprint density at radius 1 is 0.446 bits per heavy atom. The standard InChI is InChI=1S/2C33H36O4/c2*1-19-12-13-20-14-15-33(29(35)23(20)16-19)27(22-10-8-9-11-26(22)37-30(33)36)21-17-24(31(2,3)4)28(34)25(18-21)32(5,6)7/h2*8-13,16-18,27,34H,14-15H2,1-7H3/t2*27-,33-/m00/s1. The lowest BCUT2D eigenvalue weighted by Crippen LogP contribution is -2.52. The Bertz CT molecular complexity index is 3020. The predicted octanol–water partition coefficient (Wildman–Crippen LogP) is 14.3. The van der Waals surface area contributed by atoms with E-state index in [1.165, 1.54) is 0 Å². The van der Waals surface area contributed by atoms with Crippen molar-refractivity contribution in [1.82, 2.24) is 0 Å². The van der Waals surface area contributed by atoms with E-state index in [4.69, 9.17) is 9.47 Å². The van der Waals surface area contributed by atoms with Crippen LogP contribution in [0.3, 0.4) is 0 Å². The molecule has 2 N–H and O–H groups in total. The smallest absolute Gasteiger partial charge is 0.326 e. The highest BCUT2D eigenvalue weighted by Crippen LogP contribution is 2.58. The lowest BCUT2D eigenvalue weighted by molar-refractivity contribution is -0.147. The maximum absolute atomic E-state index is 14.4. The number of phenols is 2. The zero-order valence-corrected chi connectivity index (χ0v) is 45.7. The molecule has 0 saturated heterocycles. The van der Waals surface area contributed by atoms with Gasteiger partial charge in [-0.05, 0) is 130 Å². The van der Waals surface area contributed by atoms with Gasteiger partial charge in [0.15, 0.2) is 11.6 Å². The Labute approximate surface area is 437 Å². The number of benzene rings is 6. The number of carbonyl (C=O) groups is 4. The SMILES string of the molecule is Cc1ccc2c(c1)C(=O)[C@@]1(CC2)C(=O)Oc2ccccc2[C@@H]1c1cc(C(C)(C)C)c(O)c(C(C)(C)C)c1.Cc1ccc2c(c1)C(=O)[C@@]1(CC2)C(=O)Oc2ccccc2[C@@H]1c1cc(C(C)(C)C)c(O)c(C(C)(C)C)c1. The predicted molar refractivity (Wildman–Crippen MR) is 291 cm³/mol. The number of carbonyl (C=O) groups excluding carboxylic acids is 4. The first-order chi connectivity index (χ1) is 34.5. The van der Waals surface area contributed by atoms with Gasteiger partial charge in [0.1, 0.15) is 33.8 Å². The molecule has 0 radical (unpaired) electrons. The quantitative estimate of drug-likeness (QED) is 0.0998. The number of esters is 2. The van der Waals surface area contributed by atoms with Gasteiger partial charge in [-0.15, -0.1) is 0 Å². The fraction of sp³-hybridized carbons (Fsp3) is 0.394. The minimum absolute atomic E-state index is 0.176. The van der Waals surface area contributed by atoms with E-state index in [9.17, 15) is 29.4 Å². The molecule has 384 valence electrons. The zero-order chi connectivity index (χ0) is 53.8. The van der Waals surface area contributed by atoms with Crippen LogP contribution in [0.5, 0.6) is 23.0 Å². The average molecular weight is 993 g/mol. The van der Waals surface area contributed by atoms with E-state index >= 15 is 0 Å². The van der Waals surface area contributed by atoms with Crippen LogP contribution in [0.4, 0.5) is 0 Å². The molecule has 8 nitrogen and oxygen atoms in total. The zero-order valence-electron chi connectivity index (χ0n) is 45.7. The number of aromatic hydroxyl groups is 2. The van der Waals surface area contributed by atoms with Gasteiger partial charge in [-0.25, -0.2) is 0 Å². The van der Waals surface area contributed by atoms with Gasteiger partial charge >= 0.3 is 11.9 Å². The highest BCUT2D eigenvalue weighted by Gasteiger charge is 2.61. The van der Waals surface area contributed by atoms with Gasteiger partial charge in [0, 0.05) is 34.1 Å². The second kappa shape index (κ2) is 18.0. The van der Waals surface area contributed by atoms with Crippen LogP contribution in [0, 0.1) is 24.7 Å². The largest absolute Gasteiger partial charge is 0.507 e. The number of Topliss-reactive ketones (excluding diaryl/α,β-unsaturated/α-hetero) is 2. The Morgan fingerprint density at radius 3 is 1.07 bits per heavy atom. The van der Waals surface area contributed by atoms with Crippen LogP contribution >= 0.6 is 0 Å². The van der Waals surface area contributed by atoms with Gasteiger partial charge in [0.2, 0.25) is 0 Å². The number of hydrogen-bond donors (Lipinski definition) is 2. The molecule has 2 spiro atoms. The van der Waals surface area contributed by atoms with Crippen LogP contribution < -0.4 is 9.47 Å². The summed E-state index contributed by atoms with van der Waals surface area (Å²) in [7, 11) is 0. The topological polar surface area (TPSA) is 127 Å². The molecule has 2 aliphatic heterocycles. The van der Waals surface area contributed by atoms with E-state index in [0.29, 0.717) is 48.3 Å². The molecule has 4 aliphatic rings. The second-order valence-electron chi connectivity index (χ2n) is 25.6. The van der Waals surface area contributed by atoms with E-state index in [0.717, 1.165) is 66.8 Å².